The zero-order valence-corrected chi connectivity index (χ0v) is 20.1. The summed E-state index contributed by atoms with van der Waals surface area (Å²) in [5, 5.41) is 10.1. The summed E-state index contributed by atoms with van der Waals surface area (Å²) in [7, 11) is 1.80. The molecule has 0 radical (unpaired) electrons. The Kier molecular flexibility index (Phi) is 9.73. The van der Waals surface area contributed by atoms with Gasteiger partial charge in [-0.25, -0.2) is 4.98 Å². The molecule has 8 heteroatoms. The number of furan rings is 1. The second-order valence-corrected chi connectivity index (χ2v) is 8.16. The van der Waals surface area contributed by atoms with Gasteiger partial charge in [0.2, 0.25) is 0 Å². The SMILES string of the molecule is CN=C(NCc1csc(C(C)C)n1)NCC(c1ccco1)N1CCCCC1.I. The summed E-state index contributed by atoms with van der Waals surface area (Å²) in [6, 6.07) is 4.26. The predicted molar refractivity (Wildman–Crippen MR) is 127 cm³/mol. The minimum absolute atomic E-state index is 0. The molecule has 1 unspecified atom stereocenters. The minimum atomic E-state index is 0. The Morgan fingerprint density at radius 3 is 2.68 bits per heavy atom. The number of piperidine rings is 1. The van der Waals surface area contributed by atoms with Gasteiger partial charge in [-0.3, -0.25) is 9.89 Å². The number of guanidine groups is 1. The first-order valence-corrected chi connectivity index (χ1v) is 10.7. The van der Waals surface area contributed by atoms with Crippen molar-refractivity contribution in [3.63, 3.8) is 0 Å². The van der Waals surface area contributed by atoms with E-state index in [2.05, 4.69) is 50.8 Å². The summed E-state index contributed by atoms with van der Waals surface area (Å²) >= 11 is 1.72. The quantitative estimate of drug-likeness (QED) is 0.325. The first-order chi connectivity index (χ1) is 13.2. The molecule has 3 heterocycles. The largest absolute Gasteiger partial charge is 0.468 e. The van der Waals surface area contributed by atoms with Gasteiger partial charge in [0.05, 0.1) is 29.6 Å². The average molecular weight is 517 g/mol. The van der Waals surface area contributed by atoms with E-state index in [4.69, 9.17) is 4.42 Å². The van der Waals surface area contributed by atoms with Crippen LogP contribution in [-0.4, -0.2) is 42.5 Å². The number of hydrogen-bond acceptors (Lipinski definition) is 5. The van der Waals surface area contributed by atoms with Gasteiger partial charge in [-0.15, -0.1) is 35.3 Å². The molecule has 1 fully saturated rings. The van der Waals surface area contributed by atoms with Crippen molar-refractivity contribution in [2.75, 3.05) is 26.7 Å². The molecule has 0 amide bonds. The van der Waals surface area contributed by atoms with Crippen LogP contribution in [0.15, 0.2) is 33.2 Å². The number of rotatable bonds is 7. The number of thiazole rings is 1. The number of nitrogens with zero attached hydrogens (tertiary/aromatic N) is 3. The second-order valence-electron chi connectivity index (χ2n) is 7.27. The molecule has 2 aromatic rings. The Hall–Kier alpha value is -1.13. The van der Waals surface area contributed by atoms with Crippen LogP contribution in [0.3, 0.4) is 0 Å². The van der Waals surface area contributed by atoms with E-state index in [0.717, 1.165) is 37.0 Å². The Balaban J connectivity index is 0.00000280. The van der Waals surface area contributed by atoms with Crippen molar-refractivity contribution in [2.24, 2.45) is 4.99 Å². The van der Waals surface area contributed by atoms with E-state index < -0.39 is 0 Å². The number of likely N-dealkylation sites (tertiary alicyclic amines) is 1. The van der Waals surface area contributed by atoms with Crippen molar-refractivity contribution < 1.29 is 4.42 Å². The van der Waals surface area contributed by atoms with Crippen LogP contribution in [0, 0.1) is 0 Å². The number of aliphatic imine (C=N–C) groups is 1. The van der Waals surface area contributed by atoms with Crippen molar-refractivity contribution in [1.82, 2.24) is 20.5 Å². The Morgan fingerprint density at radius 2 is 2.07 bits per heavy atom. The fourth-order valence-electron chi connectivity index (χ4n) is 3.38. The van der Waals surface area contributed by atoms with Gasteiger partial charge >= 0.3 is 0 Å². The number of aromatic nitrogens is 1. The molecule has 1 atom stereocenters. The lowest BCUT2D eigenvalue weighted by molar-refractivity contribution is 0.146. The summed E-state index contributed by atoms with van der Waals surface area (Å²) in [5.74, 6) is 2.28. The lowest BCUT2D eigenvalue weighted by Gasteiger charge is -2.33. The third-order valence-corrected chi connectivity index (χ3v) is 6.08. The normalized spacial score (nSPS) is 16.6. The van der Waals surface area contributed by atoms with Crippen LogP contribution in [0.5, 0.6) is 0 Å². The van der Waals surface area contributed by atoms with Crippen LogP contribution >= 0.6 is 35.3 Å². The molecule has 0 aromatic carbocycles. The monoisotopic (exact) mass is 517 g/mol. The van der Waals surface area contributed by atoms with E-state index in [1.54, 1.807) is 24.6 Å². The summed E-state index contributed by atoms with van der Waals surface area (Å²) < 4.78 is 5.72. The molecular formula is C20H32IN5OS. The zero-order valence-electron chi connectivity index (χ0n) is 17.0. The number of halogens is 1. The molecule has 1 saturated heterocycles. The van der Waals surface area contributed by atoms with Crippen LogP contribution < -0.4 is 10.6 Å². The fourth-order valence-corrected chi connectivity index (χ4v) is 4.21. The molecule has 0 spiro atoms. The van der Waals surface area contributed by atoms with Crippen LogP contribution in [0.25, 0.3) is 0 Å². The average Bonchev–Trinajstić information content (AvgIpc) is 3.37. The smallest absolute Gasteiger partial charge is 0.191 e. The van der Waals surface area contributed by atoms with Crippen molar-refractivity contribution in [3.8, 4) is 0 Å². The Morgan fingerprint density at radius 1 is 1.29 bits per heavy atom. The molecule has 1 aliphatic rings. The zero-order chi connectivity index (χ0) is 19.1. The maximum absolute atomic E-state index is 5.72. The molecular weight excluding hydrogens is 485 g/mol. The van der Waals surface area contributed by atoms with Gasteiger partial charge in [-0.05, 0) is 38.1 Å². The van der Waals surface area contributed by atoms with Crippen LogP contribution in [-0.2, 0) is 6.54 Å². The first-order valence-electron chi connectivity index (χ1n) is 9.83. The molecule has 2 aromatic heterocycles. The third kappa shape index (κ3) is 6.45. The second kappa shape index (κ2) is 11.8. The Bertz CT molecular complexity index is 710. The van der Waals surface area contributed by atoms with E-state index in [-0.39, 0.29) is 30.0 Å². The van der Waals surface area contributed by atoms with E-state index in [1.807, 2.05) is 6.07 Å². The topological polar surface area (TPSA) is 65.7 Å². The molecule has 3 rings (SSSR count). The van der Waals surface area contributed by atoms with Gasteiger partial charge in [-0.2, -0.15) is 0 Å². The van der Waals surface area contributed by atoms with Gasteiger partial charge in [0.1, 0.15) is 5.76 Å². The first kappa shape index (κ1) is 23.2. The highest BCUT2D eigenvalue weighted by molar-refractivity contribution is 14.0. The number of hydrogen-bond donors (Lipinski definition) is 2. The van der Waals surface area contributed by atoms with Gasteiger partial charge in [0, 0.05) is 24.9 Å². The summed E-state index contributed by atoms with van der Waals surface area (Å²) in [6.07, 6.45) is 5.59. The standard InChI is InChI=1S/C20H31N5OS.HI/c1-15(2)19-24-16(14-27-19)12-22-20(21-3)23-13-17(18-8-7-11-26-18)25-9-5-4-6-10-25;/h7-8,11,14-15,17H,4-6,9-10,12-13H2,1-3H3,(H2,21,22,23);1H. The number of nitrogens with one attached hydrogen (secondary N) is 2. The maximum Gasteiger partial charge on any atom is 0.191 e. The molecule has 156 valence electrons. The van der Waals surface area contributed by atoms with Crippen LogP contribution in [0.1, 0.15) is 61.5 Å². The van der Waals surface area contributed by atoms with Gasteiger partial charge in [0.25, 0.3) is 0 Å². The summed E-state index contributed by atoms with van der Waals surface area (Å²) in [5.41, 5.74) is 1.06. The van der Waals surface area contributed by atoms with E-state index >= 15 is 0 Å². The Labute approximate surface area is 189 Å². The van der Waals surface area contributed by atoms with E-state index in [1.165, 1.54) is 24.3 Å². The molecule has 1 aliphatic heterocycles. The highest BCUT2D eigenvalue weighted by atomic mass is 127. The predicted octanol–water partition coefficient (Wildman–Crippen LogP) is 4.37. The maximum atomic E-state index is 5.72. The van der Waals surface area contributed by atoms with Crippen molar-refractivity contribution >= 4 is 41.3 Å². The minimum Gasteiger partial charge on any atom is -0.468 e. The highest BCUT2D eigenvalue weighted by Gasteiger charge is 2.24. The fraction of sp³-hybridized carbons (Fsp3) is 0.600. The van der Waals surface area contributed by atoms with Crippen LogP contribution in [0.2, 0.25) is 0 Å². The lowest BCUT2D eigenvalue weighted by Crippen LogP contribution is -2.44. The molecule has 0 bridgehead atoms. The lowest BCUT2D eigenvalue weighted by atomic mass is 10.1. The van der Waals surface area contributed by atoms with Gasteiger partial charge in [-0.1, -0.05) is 20.3 Å². The molecule has 6 nitrogen and oxygen atoms in total. The van der Waals surface area contributed by atoms with E-state index in [9.17, 15) is 0 Å². The summed E-state index contributed by atoms with van der Waals surface area (Å²) in [4.78, 5) is 11.6. The van der Waals surface area contributed by atoms with Crippen molar-refractivity contribution in [2.45, 2.75) is 51.6 Å². The highest BCUT2D eigenvalue weighted by Crippen LogP contribution is 2.24. The molecule has 28 heavy (non-hydrogen) atoms. The van der Waals surface area contributed by atoms with Crippen molar-refractivity contribution in [3.05, 3.63) is 40.2 Å². The molecule has 2 N–H and O–H groups in total. The van der Waals surface area contributed by atoms with Gasteiger partial charge < -0.3 is 15.1 Å². The summed E-state index contributed by atoms with van der Waals surface area (Å²) in [6.45, 7) is 8.03. The van der Waals surface area contributed by atoms with Gasteiger partial charge in [0.15, 0.2) is 5.96 Å². The molecule has 0 saturated carbocycles. The van der Waals surface area contributed by atoms with Crippen molar-refractivity contribution in [1.29, 1.82) is 0 Å². The van der Waals surface area contributed by atoms with Crippen LogP contribution in [0.4, 0.5) is 0 Å². The third-order valence-electron chi connectivity index (χ3n) is 4.89. The molecule has 0 aliphatic carbocycles. The van der Waals surface area contributed by atoms with E-state index in [0.29, 0.717) is 12.5 Å².